The lowest BCUT2D eigenvalue weighted by Crippen LogP contribution is -2.43. The van der Waals surface area contributed by atoms with Crippen molar-refractivity contribution in [2.45, 2.75) is 6.17 Å². The number of fused-ring (bicyclic) bond motifs is 1. The zero-order chi connectivity index (χ0) is 19.0. The fourth-order valence-corrected chi connectivity index (χ4v) is 3.36. The Labute approximate surface area is 161 Å². The summed E-state index contributed by atoms with van der Waals surface area (Å²) in [6.45, 7) is 0. The van der Waals surface area contributed by atoms with Crippen molar-refractivity contribution in [3.05, 3.63) is 82.9 Å². The highest BCUT2D eigenvalue weighted by molar-refractivity contribution is 6.30. The second kappa shape index (κ2) is 6.85. The van der Waals surface area contributed by atoms with Gasteiger partial charge in [0.2, 0.25) is 0 Å². The molecule has 0 aromatic heterocycles. The number of anilines is 2. The van der Waals surface area contributed by atoms with Gasteiger partial charge in [0.15, 0.2) is 11.5 Å². The first-order chi connectivity index (χ1) is 13.1. The number of carbonyl (C=O) groups is 1. The van der Waals surface area contributed by atoms with E-state index in [1.54, 1.807) is 47.4 Å². The fraction of sp³-hybridized carbons (Fsp3) is 0.0952. The van der Waals surface area contributed by atoms with Crippen LogP contribution in [-0.4, -0.2) is 18.1 Å². The number of amides is 1. The van der Waals surface area contributed by atoms with Crippen molar-refractivity contribution >= 4 is 28.9 Å². The number of nitrogens with zero attached hydrogens (tertiary/aromatic N) is 1. The minimum atomic E-state index is -0.495. The molecule has 1 amide bonds. The van der Waals surface area contributed by atoms with Crippen molar-refractivity contribution in [3.63, 3.8) is 0 Å². The van der Waals surface area contributed by atoms with Crippen LogP contribution in [0.4, 0.5) is 11.4 Å². The van der Waals surface area contributed by atoms with E-state index < -0.39 is 6.17 Å². The largest absolute Gasteiger partial charge is 0.504 e. The Morgan fingerprint density at radius 3 is 2.52 bits per heavy atom. The number of ether oxygens (including phenoxy) is 1. The summed E-state index contributed by atoms with van der Waals surface area (Å²) in [7, 11) is 1.49. The first kappa shape index (κ1) is 17.2. The molecule has 0 unspecified atom stereocenters. The molecule has 1 heterocycles. The molecule has 0 aliphatic carbocycles. The van der Waals surface area contributed by atoms with Crippen LogP contribution in [-0.2, 0) is 0 Å². The van der Waals surface area contributed by atoms with Gasteiger partial charge in [-0.25, -0.2) is 0 Å². The number of para-hydroxylation sites is 1. The summed E-state index contributed by atoms with van der Waals surface area (Å²) in [5, 5.41) is 14.2. The SMILES string of the molecule is COc1ccc([C@H]2Nc3ccccc3C(=O)N2c2ccc(Cl)cc2)cc1O. The molecule has 6 heteroatoms. The Morgan fingerprint density at radius 1 is 1.07 bits per heavy atom. The van der Waals surface area contributed by atoms with Crippen molar-refractivity contribution in [1.29, 1.82) is 0 Å². The van der Waals surface area contributed by atoms with Gasteiger partial charge in [-0.3, -0.25) is 9.69 Å². The Morgan fingerprint density at radius 2 is 1.81 bits per heavy atom. The number of benzene rings is 3. The first-order valence-corrected chi connectivity index (χ1v) is 8.78. The normalized spacial score (nSPS) is 15.9. The van der Waals surface area contributed by atoms with E-state index in [1.165, 1.54) is 7.11 Å². The smallest absolute Gasteiger partial charge is 0.262 e. The molecule has 1 atom stereocenters. The topological polar surface area (TPSA) is 61.8 Å². The number of hydrogen-bond acceptors (Lipinski definition) is 4. The lowest BCUT2D eigenvalue weighted by molar-refractivity contribution is 0.0975. The van der Waals surface area contributed by atoms with Crippen LogP contribution in [0.5, 0.6) is 11.5 Å². The van der Waals surface area contributed by atoms with E-state index in [-0.39, 0.29) is 11.7 Å². The molecule has 0 spiro atoms. The molecule has 4 rings (SSSR count). The van der Waals surface area contributed by atoms with E-state index in [9.17, 15) is 9.90 Å². The zero-order valence-corrected chi connectivity index (χ0v) is 15.3. The van der Waals surface area contributed by atoms with Crippen molar-refractivity contribution in [2.75, 3.05) is 17.3 Å². The number of hydrogen-bond donors (Lipinski definition) is 2. The lowest BCUT2D eigenvalue weighted by Gasteiger charge is -2.38. The third-order valence-corrected chi connectivity index (χ3v) is 4.80. The Kier molecular flexibility index (Phi) is 4.38. The van der Waals surface area contributed by atoms with Gasteiger partial charge in [0.05, 0.1) is 12.7 Å². The van der Waals surface area contributed by atoms with Crippen molar-refractivity contribution < 1.29 is 14.6 Å². The molecule has 0 saturated carbocycles. The number of phenolic OH excluding ortho intramolecular Hbond substituents is 1. The molecule has 2 N–H and O–H groups in total. The van der Waals surface area contributed by atoms with Crippen LogP contribution < -0.4 is 15.0 Å². The number of aromatic hydroxyl groups is 1. The van der Waals surface area contributed by atoms with Crippen LogP contribution in [0.15, 0.2) is 66.7 Å². The molecule has 0 radical (unpaired) electrons. The molecule has 5 nitrogen and oxygen atoms in total. The van der Waals surface area contributed by atoms with Gasteiger partial charge in [0, 0.05) is 16.4 Å². The Balaban J connectivity index is 1.85. The summed E-state index contributed by atoms with van der Waals surface area (Å²) < 4.78 is 5.12. The van der Waals surface area contributed by atoms with Gasteiger partial charge in [-0.05, 0) is 54.1 Å². The second-order valence-electron chi connectivity index (χ2n) is 6.18. The maximum absolute atomic E-state index is 13.3. The van der Waals surface area contributed by atoms with Crippen LogP contribution in [0.2, 0.25) is 5.02 Å². The van der Waals surface area contributed by atoms with Crippen LogP contribution in [0, 0.1) is 0 Å². The Bertz CT molecular complexity index is 1000. The molecule has 0 saturated heterocycles. The van der Waals surface area contributed by atoms with E-state index in [0.29, 0.717) is 22.0 Å². The summed E-state index contributed by atoms with van der Waals surface area (Å²) >= 11 is 6.01. The van der Waals surface area contributed by atoms with Crippen molar-refractivity contribution in [3.8, 4) is 11.5 Å². The van der Waals surface area contributed by atoms with Gasteiger partial charge >= 0.3 is 0 Å². The summed E-state index contributed by atoms with van der Waals surface area (Å²) in [4.78, 5) is 14.9. The summed E-state index contributed by atoms with van der Waals surface area (Å²) in [6.07, 6.45) is -0.495. The zero-order valence-electron chi connectivity index (χ0n) is 14.5. The average Bonchev–Trinajstić information content (AvgIpc) is 2.69. The molecular formula is C21H17ClN2O3. The van der Waals surface area contributed by atoms with E-state index in [4.69, 9.17) is 16.3 Å². The average molecular weight is 381 g/mol. The molecule has 3 aromatic carbocycles. The van der Waals surface area contributed by atoms with E-state index in [0.717, 1.165) is 11.3 Å². The van der Waals surface area contributed by atoms with Gasteiger partial charge in [-0.15, -0.1) is 0 Å². The minimum absolute atomic E-state index is 0.0131. The highest BCUT2D eigenvalue weighted by Gasteiger charge is 2.34. The van der Waals surface area contributed by atoms with Gasteiger partial charge in [-0.2, -0.15) is 0 Å². The summed E-state index contributed by atoms with van der Waals surface area (Å²) in [5.74, 6) is 0.255. The standard InChI is InChI=1S/C21H17ClN2O3/c1-27-19-11-6-13(12-18(19)25)20-23-17-5-3-2-4-16(17)21(26)24(20)15-9-7-14(22)8-10-15/h2-12,20,23,25H,1H3/t20-/m0/s1. The van der Waals surface area contributed by atoms with Crippen LogP contribution in [0.3, 0.4) is 0 Å². The maximum Gasteiger partial charge on any atom is 0.262 e. The fourth-order valence-electron chi connectivity index (χ4n) is 3.23. The predicted molar refractivity (Wildman–Crippen MR) is 106 cm³/mol. The van der Waals surface area contributed by atoms with E-state index >= 15 is 0 Å². The summed E-state index contributed by atoms with van der Waals surface area (Å²) in [6, 6.07) is 19.5. The molecule has 1 aliphatic heterocycles. The molecule has 0 fully saturated rings. The van der Waals surface area contributed by atoms with Crippen LogP contribution in [0.25, 0.3) is 0 Å². The second-order valence-corrected chi connectivity index (χ2v) is 6.61. The number of carbonyl (C=O) groups excluding carboxylic acids is 1. The quantitative estimate of drug-likeness (QED) is 0.683. The van der Waals surface area contributed by atoms with Crippen LogP contribution >= 0.6 is 11.6 Å². The highest BCUT2D eigenvalue weighted by Crippen LogP contribution is 2.39. The van der Waals surface area contributed by atoms with E-state index in [2.05, 4.69) is 5.32 Å². The lowest BCUT2D eigenvalue weighted by atomic mass is 10.0. The molecule has 3 aromatic rings. The molecular weight excluding hydrogens is 364 g/mol. The third kappa shape index (κ3) is 3.06. The van der Waals surface area contributed by atoms with Gasteiger partial charge in [0.1, 0.15) is 6.17 Å². The predicted octanol–water partition coefficient (Wildman–Crippen LogP) is 4.83. The van der Waals surface area contributed by atoms with Gasteiger partial charge < -0.3 is 15.2 Å². The Hall–Kier alpha value is -3.18. The van der Waals surface area contributed by atoms with Gasteiger partial charge in [-0.1, -0.05) is 29.8 Å². The van der Waals surface area contributed by atoms with Crippen molar-refractivity contribution in [2.24, 2.45) is 0 Å². The molecule has 1 aliphatic rings. The number of phenols is 1. The molecule has 27 heavy (non-hydrogen) atoms. The minimum Gasteiger partial charge on any atom is -0.504 e. The third-order valence-electron chi connectivity index (χ3n) is 4.55. The number of rotatable bonds is 3. The number of methoxy groups -OCH3 is 1. The summed E-state index contributed by atoms with van der Waals surface area (Å²) in [5.41, 5.74) is 2.76. The number of halogens is 1. The molecule has 0 bridgehead atoms. The highest BCUT2D eigenvalue weighted by atomic mass is 35.5. The number of nitrogens with one attached hydrogen (secondary N) is 1. The first-order valence-electron chi connectivity index (χ1n) is 8.40. The van der Waals surface area contributed by atoms with Gasteiger partial charge in [0.25, 0.3) is 5.91 Å². The van der Waals surface area contributed by atoms with Crippen LogP contribution in [0.1, 0.15) is 22.1 Å². The van der Waals surface area contributed by atoms with Crippen molar-refractivity contribution in [1.82, 2.24) is 0 Å². The molecule has 136 valence electrons. The monoisotopic (exact) mass is 380 g/mol. The maximum atomic E-state index is 13.3. The van der Waals surface area contributed by atoms with E-state index in [1.807, 2.05) is 24.3 Å².